The van der Waals surface area contributed by atoms with Crippen molar-refractivity contribution in [2.75, 3.05) is 39.4 Å². The van der Waals surface area contributed by atoms with E-state index in [0.717, 1.165) is 29.9 Å². The Bertz CT molecular complexity index is 641. The second kappa shape index (κ2) is 12.7. The van der Waals surface area contributed by atoms with Crippen molar-refractivity contribution in [1.82, 2.24) is 0 Å². The van der Waals surface area contributed by atoms with E-state index in [1.54, 1.807) is 27.4 Å². The van der Waals surface area contributed by atoms with Crippen LogP contribution in [-0.4, -0.2) is 66.8 Å². The molecule has 1 saturated heterocycles. The lowest BCUT2D eigenvalue weighted by Crippen LogP contribution is -2.35. The van der Waals surface area contributed by atoms with Gasteiger partial charge in [0, 0.05) is 26.2 Å². The number of methoxy groups -OCH3 is 3. The van der Waals surface area contributed by atoms with Crippen LogP contribution in [0.2, 0.25) is 0 Å². The van der Waals surface area contributed by atoms with E-state index in [4.69, 9.17) is 18.9 Å². The molecule has 170 valence electrons. The molecular formula is C22H34O6S2. The summed E-state index contributed by atoms with van der Waals surface area (Å²) in [5, 5.41) is 9.32. The Labute approximate surface area is 188 Å². The number of carbonyl (C=O) groups excluding carboxylic acids is 1. The van der Waals surface area contributed by atoms with E-state index >= 15 is 0 Å². The van der Waals surface area contributed by atoms with Gasteiger partial charge in [0.1, 0.15) is 17.6 Å². The highest BCUT2D eigenvalue weighted by Gasteiger charge is 2.38. The summed E-state index contributed by atoms with van der Waals surface area (Å²) in [6.07, 6.45) is 3.33. The Hall–Kier alpha value is -1.09. The van der Waals surface area contributed by atoms with Crippen molar-refractivity contribution >= 4 is 29.5 Å². The van der Waals surface area contributed by atoms with E-state index in [-0.39, 0.29) is 35.3 Å². The van der Waals surface area contributed by atoms with Crippen molar-refractivity contribution in [3.8, 4) is 11.5 Å². The number of ether oxygens (including phenoxy) is 4. The highest BCUT2D eigenvalue weighted by atomic mass is 32.2. The van der Waals surface area contributed by atoms with Gasteiger partial charge in [-0.1, -0.05) is 0 Å². The van der Waals surface area contributed by atoms with Crippen molar-refractivity contribution in [2.45, 2.75) is 55.3 Å². The van der Waals surface area contributed by atoms with Crippen molar-refractivity contribution in [1.29, 1.82) is 0 Å². The molecule has 0 bridgehead atoms. The molecule has 0 spiro atoms. The lowest BCUT2D eigenvalue weighted by molar-refractivity contribution is -0.147. The van der Waals surface area contributed by atoms with Crippen molar-refractivity contribution in [3.63, 3.8) is 0 Å². The van der Waals surface area contributed by atoms with Gasteiger partial charge < -0.3 is 24.1 Å². The van der Waals surface area contributed by atoms with Crippen molar-refractivity contribution in [3.05, 3.63) is 23.8 Å². The number of rotatable bonds is 12. The fraction of sp³-hybridized carbons (Fsp3) is 0.682. The summed E-state index contributed by atoms with van der Waals surface area (Å²) in [7, 11) is 4.86. The summed E-state index contributed by atoms with van der Waals surface area (Å²) in [5.74, 6) is 3.21. The molecule has 2 rings (SSSR count). The highest BCUT2D eigenvalue weighted by Crippen LogP contribution is 2.49. The minimum Gasteiger partial charge on any atom is -0.497 e. The summed E-state index contributed by atoms with van der Waals surface area (Å²) < 4.78 is 21.8. The molecular weight excluding hydrogens is 424 g/mol. The maximum absolute atomic E-state index is 12.6. The number of aliphatic hydroxyl groups excluding tert-OH is 1. The van der Waals surface area contributed by atoms with Crippen LogP contribution in [0.5, 0.6) is 11.5 Å². The first-order chi connectivity index (χ1) is 14.4. The molecule has 0 amide bonds. The van der Waals surface area contributed by atoms with Crippen LogP contribution in [0.25, 0.3) is 0 Å². The lowest BCUT2D eigenvalue weighted by atomic mass is 10.1. The van der Waals surface area contributed by atoms with Gasteiger partial charge in [-0.05, 0) is 55.4 Å². The predicted octanol–water partition coefficient (Wildman–Crippen LogP) is 3.92. The molecule has 1 N–H and O–H groups in total. The normalized spacial score (nSPS) is 17.8. The molecule has 0 saturated carbocycles. The lowest BCUT2D eigenvalue weighted by Gasteiger charge is -2.39. The number of esters is 1. The molecule has 1 aliphatic heterocycles. The Morgan fingerprint density at radius 1 is 1.10 bits per heavy atom. The Kier molecular flexibility index (Phi) is 10.6. The second-order valence-corrected chi connectivity index (χ2v) is 10.7. The maximum Gasteiger partial charge on any atom is 0.310 e. The van der Waals surface area contributed by atoms with Gasteiger partial charge in [0.25, 0.3) is 0 Å². The van der Waals surface area contributed by atoms with Gasteiger partial charge in [0.05, 0.1) is 30.8 Å². The van der Waals surface area contributed by atoms with Crippen LogP contribution in [-0.2, 0) is 20.7 Å². The van der Waals surface area contributed by atoms with Crippen molar-refractivity contribution in [2.24, 2.45) is 0 Å². The topological polar surface area (TPSA) is 74.2 Å². The standard InChI is InChI=1S/C22H34O6S2/c1-16(14-22(29-8-5-9-30-22)15-18(25-2)6-7-23)28-21(24)12-17-10-19(26-3)13-20(11-17)27-4/h10-11,13,16,18,23H,5-9,12,14-15H2,1-4H3/t16-,18+/m0/s1. The first kappa shape index (κ1) is 25.2. The van der Waals surface area contributed by atoms with Gasteiger partial charge >= 0.3 is 5.97 Å². The maximum atomic E-state index is 12.6. The second-order valence-electron chi connectivity index (χ2n) is 7.44. The number of benzene rings is 1. The Morgan fingerprint density at radius 3 is 2.27 bits per heavy atom. The average Bonchev–Trinajstić information content (AvgIpc) is 2.73. The molecule has 2 atom stereocenters. The van der Waals surface area contributed by atoms with Crippen LogP contribution in [0.3, 0.4) is 0 Å². The van der Waals surface area contributed by atoms with E-state index in [1.165, 1.54) is 6.42 Å². The molecule has 0 radical (unpaired) electrons. The monoisotopic (exact) mass is 458 g/mol. The Morgan fingerprint density at radius 2 is 1.73 bits per heavy atom. The largest absolute Gasteiger partial charge is 0.497 e. The molecule has 1 aromatic carbocycles. The van der Waals surface area contributed by atoms with E-state index in [9.17, 15) is 9.90 Å². The van der Waals surface area contributed by atoms with Crippen molar-refractivity contribution < 1.29 is 28.8 Å². The third-order valence-corrected chi connectivity index (χ3v) is 8.44. The zero-order valence-electron chi connectivity index (χ0n) is 18.3. The van der Waals surface area contributed by atoms with Gasteiger partial charge in [-0.3, -0.25) is 4.79 Å². The fourth-order valence-electron chi connectivity index (χ4n) is 3.61. The zero-order valence-corrected chi connectivity index (χ0v) is 20.0. The SMILES string of the molecule is COc1cc(CC(=O)O[C@@H](C)CC2(C[C@@H](CCO)OC)SCCCS2)cc(OC)c1. The first-order valence-corrected chi connectivity index (χ1v) is 12.2. The highest BCUT2D eigenvalue weighted by molar-refractivity contribution is 8.18. The van der Waals surface area contributed by atoms with Crippen LogP contribution >= 0.6 is 23.5 Å². The molecule has 1 aliphatic rings. The smallest absolute Gasteiger partial charge is 0.310 e. The van der Waals surface area contributed by atoms with Crippen LogP contribution < -0.4 is 9.47 Å². The summed E-state index contributed by atoms with van der Waals surface area (Å²) in [6.45, 7) is 2.06. The van der Waals surface area contributed by atoms with Crippen LogP contribution in [0.1, 0.15) is 38.2 Å². The molecule has 0 unspecified atom stereocenters. The fourth-order valence-corrected chi connectivity index (χ4v) is 7.26. The number of carbonyl (C=O) groups is 1. The number of aliphatic hydroxyl groups is 1. The molecule has 1 heterocycles. The van der Waals surface area contributed by atoms with Crippen LogP contribution in [0.4, 0.5) is 0 Å². The van der Waals surface area contributed by atoms with Gasteiger partial charge in [0.15, 0.2) is 0 Å². The molecule has 0 aliphatic carbocycles. The minimum atomic E-state index is -0.266. The van der Waals surface area contributed by atoms with Crippen LogP contribution in [0.15, 0.2) is 18.2 Å². The predicted molar refractivity (Wildman–Crippen MR) is 123 cm³/mol. The summed E-state index contributed by atoms with van der Waals surface area (Å²) >= 11 is 3.85. The molecule has 8 heteroatoms. The van der Waals surface area contributed by atoms with E-state index < -0.39 is 0 Å². The molecule has 1 aromatic rings. The minimum absolute atomic E-state index is 0.000231. The molecule has 0 aromatic heterocycles. The molecule has 6 nitrogen and oxygen atoms in total. The van der Waals surface area contributed by atoms with Crippen LogP contribution in [0, 0.1) is 0 Å². The third kappa shape index (κ3) is 7.87. The first-order valence-electron chi connectivity index (χ1n) is 10.3. The number of hydrogen-bond acceptors (Lipinski definition) is 8. The van der Waals surface area contributed by atoms with Gasteiger partial charge in [0.2, 0.25) is 0 Å². The molecule has 1 fully saturated rings. The number of hydrogen-bond donors (Lipinski definition) is 1. The third-order valence-electron chi connectivity index (χ3n) is 5.03. The van der Waals surface area contributed by atoms with E-state index in [0.29, 0.717) is 17.9 Å². The van der Waals surface area contributed by atoms with E-state index in [2.05, 4.69) is 0 Å². The van der Waals surface area contributed by atoms with Gasteiger partial charge in [-0.25, -0.2) is 0 Å². The zero-order chi connectivity index (χ0) is 22.0. The summed E-state index contributed by atoms with van der Waals surface area (Å²) in [5.41, 5.74) is 0.793. The summed E-state index contributed by atoms with van der Waals surface area (Å²) in [6, 6.07) is 5.42. The van der Waals surface area contributed by atoms with E-state index in [1.807, 2.05) is 42.6 Å². The quantitative estimate of drug-likeness (QED) is 0.473. The summed E-state index contributed by atoms with van der Waals surface area (Å²) in [4.78, 5) is 12.6. The number of thioether (sulfide) groups is 2. The van der Waals surface area contributed by atoms with Gasteiger partial charge in [-0.15, -0.1) is 23.5 Å². The Balaban J connectivity index is 1.99. The van der Waals surface area contributed by atoms with Gasteiger partial charge in [-0.2, -0.15) is 0 Å². The molecule has 30 heavy (non-hydrogen) atoms. The average molecular weight is 459 g/mol.